The lowest BCUT2D eigenvalue weighted by Gasteiger charge is -2.32. The Kier molecular flexibility index (Phi) is 9.74. The molecule has 0 aliphatic carbocycles. The van der Waals surface area contributed by atoms with Crippen LogP contribution >= 0.6 is 35.3 Å². The van der Waals surface area contributed by atoms with E-state index < -0.39 is 0 Å². The lowest BCUT2D eigenvalue weighted by atomic mass is 9.97. The highest BCUT2D eigenvalue weighted by atomic mass is 35.5. The van der Waals surface area contributed by atoms with Gasteiger partial charge in [-0.05, 0) is 31.5 Å². The van der Waals surface area contributed by atoms with Crippen molar-refractivity contribution in [3.63, 3.8) is 0 Å². The minimum atomic E-state index is -0.0560. The summed E-state index contributed by atoms with van der Waals surface area (Å²) in [7, 11) is 1.80. The zero-order chi connectivity index (χ0) is 17.5. The van der Waals surface area contributed by atoms with E-state index in [-0.39, 0.29) is 30.1 Å². The highest BCUT2D eigenvalue weighted by Gasteiger charge is 2.27. The van der Waals surface area contributed by atoms with E-state index in [9.17, 15) is 9.59 Å². The molecule has 1 aromatic rings. The Labute approximate surface area is 164 Å². The van der Waals surface area contributed by atoms with Crippen LogP contribution in [0, 0.1) is 5.92 Å². The number of halogens is 2. The fourth-order valence-corrected chi connectivity index (χ4v) is 3.96. The van der Waals surface area contributed by atoms with Gasteiger partial charge in [0.05, 0.1) is 23.3 Å². The van der Waals surface area contributed by atoms with Gasteiger partial charge in [0.25, 0.3) is 0 Å². The number of nitrogens with two attached hydrogens (primary N) is 1. The van der Waals surface area contributed by atoms with Crippen molar-refractivity contribution in [1.82, 2.24) is 15.1 Å². The lowest BCUT2D eigenvalue weighted by molar-refractivity contribution is -0.134. The van der Waals surface area contributed by atoms with Gasteiger partial charge in [-0.3, -0.25) is 14.5 Å². The van der Waals surface area contributed by atoms with Gasteiger partial charge < -0.3 is 16.0 Å². The second kappa shape index (κ2) is 11.0. The maximum atomic E-state index is 12.4. The molecule has 1 saturated heterocycles. The molecule has 0 bridgehead atoms. The molecule has 1 aliphatic heterocycles. The van der Waals surface area contributed by atoms with E-state index in [1.54, 1.807) is 11.9 Å². The molecular weight excluding hydrogens is 383 g/mol. The molecule has 0 aromatic carbocycles. The first-order valence-electron chi connectivity index (χ1n) is 8.18. The van der Waals surface area contributed by atoms with Crippen LogP contribution in [0.15, 0.2) is 12.1 Å². The van der Waals surface area contributed by atoms with Crippen molar-refractivity contribution in [2.24, 2.45) is 11.7 Å². The predicted octanol–water partition coefficient (Wildman–Crippen LogP) is 1.57. The number of nitrogens with zero attached hydrogens (tertiary/aromatic N) is 2. The van der Waals surface area contributed by atoms with E-state index in [0.29, 0.717) is 32.7 Å². The van der Waals surface area contributed by atoms with Gasteiger partial charge in [0.2, 0.25) is 11.8 Å². The molecule has 0 saturated carbocycles. The Morgan fingerprint density at radius 3 is 2.88 bits per heavy atom. The maximum absolute atomic E-state index is 12.4. The van der Waals surface area contributed by atoms with Gasteiger partial charge in [-0.2, -0.15) is 0 Å². The number of nitrogens with one attached hydrogen (secondary N) is 1. The van der Waals surface area contributed by atoms with Crippen LogP contribution in [0.2, 0.25) is 4.34 Å². The van der Waals surface area contributed by atoms with Crippen molar-refractivity contribution in [3.05, 3.63) is 21.3 Å². The summed E-state index contributed by atoms with van der Waals surface area (Å²) in [6.07, 6.45) is 1.79. The van der Waals surface area contributed by atoms with Crippen molar-refractivity contribution >= 4 is 47.2 Å². The summed E-state index contributed by atoms with van der Waals surface area (Å²) in [5.74, 6) is 0.0428. The molecule has 0 spiro atoms. The van der Waals surface area contributed by atoms with E-state index in [2.05, 4.69) is 10.2 Å². The first-order chi connectivity index (χ1) is 11.5. The normalized spacial score (nSPS) is 17.6. The summed E-state index contributed by atoms with van der Waals surface area (Å²) in [4.78, 5) is 29.3. The summed E-state index contributed by atoms with van der Waals surface area (Å²) in [6, 6.07) is 3.78. The zero-order valence-corrected chi connectivity index (χ0v) is 16.8. The van der Waals surface area contributed by atoms with Gasteiger partial charge in [-0.25, -0.2) is 0 Å². The Hall–Kier alpha value is -0.860. The van der Waals surface area contributed by atoms with Crippen molar-refractivity contribution in [3.8, 4) is 0 Å². The molecule has 25 heavy (non-hydrogen) atoms. The number of likely N-dealkylation sites (N-methyl/N-ethyl adjacent to an activating group) is 1. The number of rotatable bonds is 7. The SMILES string of the molecule is CN(Cc1ccc(Cl)s1)C(=O)CN1CCCC(C(=O)NCCN)C1.Cl. The molecule has 2 rings (SSSR count). The van der Waals surface area contributed by atoms with Gasteiger partial charge in [-0.15, -0.1) is 23.7 Å². The summed E-state index contributed by atoms with van der Waals surface area (Å²) in [5.41, 5.74) is 5.41. The van der Waals surface area contributed by atoms with Crippen molar-refractivity contribution < 1.29 is 9.59 Å². The van der Waals surface area contributed by atoms with Crippen LogP contribution in [0.4, 0.5) is 0 Å². The first kappa shape index (κ1) is 22.2. The number of carbonyl (C=O) groups excluding carboxylic acids is 2. The van der Waals surface area contributed by atoms with E-state index >= 15 is 0 Å². The molecule has 1 atom stereocenters. The zero-order valence-electron chi connectivity index (χ0n) is 14.4. The molecule has 1 aliphatic rings. The second-order valence-corrected chi connectivity index (χ2v) is 7.91. The van der Waals surface area contributed by atoms with Crippen LogP contribution in [0.5, 0.6) is 0 Å². The number of hydrogen-bond donors (Lipinski definition) is 2. The van der Waals surface area contributed by atoms with Crippen LogP contribution < -0.4 is 11.1 Å². The highest BCUT2D eigenvalue weighted by Crippen LogP contribution is 2.22. The van der Waals surface area contributed by atoms with Crippen molar-refractivity contribution in [2.45, 2.75) is 19.4 Å². The van der Waals surface area contributed by atoms with Gasteiger partial charge in [-0.1, -0.05) is 11.6 Å². The molecule has 2 heterocycles. The van der Waals surface area contributed by atoms with Gasteiger partial charge >= 0.3 is 0 Å². The Morgan fingerprint density at radius 1 is 1.48 bits per heavy atom. The van der Waals surface area contributed by atoms with Gasteiger partial charge in [0.1, 0.15) is 0 Å². The third-order valence-corrected chi connectivity index (χ3v) is 5.34. The third kappa shape index (κ3) is 7.11. The van der Waals surface area contributed by atoms with E-state index in [4.69, 9.17) is 17.3 Å². The molecule has 1 unspecified atom stereocenters. The summed E-state index contributed by atoms with van der Waals surface area (Å²) < 4.78 is 0.730. The minimum absolute atomic E-state index is 0. The molecule has 9 heteroatoms. The van der Waals surface area contributed by atoms with E-state index in [1.165, 1.54) is 11.3 Å². The monoisotopic (exact) mass is 408 g/mol. The molecule has 142 valence electrons. The molecule has 6 nitrogen and oxygen atoms in total. The third-order valence-electron chi connectivity index (χ3n) is 4.13. The fraction of sp³-hybridized carbons (Fsp3) is 0.625. The summed E-state index contributed by atoms with van der Waals surface area (Å²) in [6.45, 7) is 3.32. The lowest BCUT2D eigenvalue weighted by Crippen LogP contribution is -2.47. The number of thiophene rings is 1. The molecular formula is C16H26Cl2N4O2S. The van der Waals surface area contributed by atoms with E-state index in [0.717, 1.165) is 28.6 Å². The summed E-state index contributed by atoms with van der Waals surface area (Å²) in [5, 5.41) is 2.84. The number of hydrogen-bond acceptors (Lipinski definition) is 5. The predicted molar refractivity (Wildman–Crippen MR) is 104 cm³/mol. The van der Waals surface area contributed by atoms with Crippen LogP contribution in [0.25, 0.3) is 0 Å². The number of piperidine rings is 1. The molecule has 1 fully saturated rings. The Morgan fingerprint density at radius 2 is 2.24 bits per heavy atom. The van der Waals surface area contributed by atoms with Crippen LogP contribution in [0.3, 0.4) is 0 Å². The first-order valence-corrected chi connectivity index (χ1v) is 9.37. The van der Waals surface area contributed by atoms with Crippen LogP contribution in [0.1, 0.15) is 17.7 Å². The fourth-order valence-electron chi connectivity index (χ4n) is 2.82. The van der Waals surface area contributed by atoms with E-state index in [1.807, 2.05) is 12.1 Å². The topological polar surface area (TPSA) is 78.7 Å². The standard InChI is InChI=1S/C16H25ClN4O2S.ClH/c1-20(10-13-4-5-14(17)24-13)15(22)11-21-8-2-3-12(9-21)16(23)19-7-6-18;/h4-5,12H,2-3,6-11,18H2,1H3,(H,19,23);1H. The molecule has 2 amide bonds. The van der Waals surface area contributed by atoms with Crippen molar-refractivity contribution in [1.29, 1.82) is 0 Å². The van der Waals surface area contributed by atoms with Crippen molar-refractivity contribution in [2.75, 3.05) is 39.8 Å². The quantitative estimate of drug-likeness (QED) is 0.717. The number of likely N-dealkylation sites (tertiary alicyclic amines) is 1. The molecule has 3 N–H and O–H groups in total. The number of carbonyl (C=O) groups is 2. The van der Waals surface area contributed by atoms with Crippen LogP contribution in [-0.2, 0) is 16.1 Å². The molecule has 1 aromatic heterocycles. The number of amides is 2. The largest absolute Gasteiger partial charge is 0.355 e. The maximum Gasteiger partial charge on any atom is 0.236 e. The van der Waals surface area contributed by atoms with Gasteiger partial charge in [0.15, 0.2) is 0 Å². The highest BCUT2D eigenvalue weighted by molar-refractivity contribution is 7.16. The second-order valence-electron chi connectivity index (χ2n) is 6.11. The minimum Gasteiger partial charge on any atom is -0.355 e. The molecule has 0 radical (unpaired) electrons. The van der Waals surface area contributed by atoms with Gasteiger partial charge in [0, 0.05) is 31.6 Å². The average Bonchev–Trinajstić information content (AvgIpc) is 2.97. The summed E-state index contributed by atoms with van der Waals surface area (Å²) >= 11 is 7.41. The Balaban J connectivity index is 0.00000312. The Bertz CT molecular complexity index is 570. The smallest absolute Gasteiger partial charge is 0.236 e. The average molecular weight is 409 g/mol. The van der Waals surface area contributed by atoms with Crippen LogP contribution in [-0.4, -0.2) is 61.4 Å².